The van der Waals surface area contributed by atoms with Gasteiger partial charge in [-0.2, -0.15) is 0 Å². The van der Waals surface area contributed by atoms with Gasteiger partial charge in [-0.15, -0.1) is 0 Å². The Balaban J connectivity index is -0.0000000268. The predicted molar refractivity (Wildman–Crippen MR) is 123 cm³/mol. The molecule has 0 spiro atoms. The largest absolute Gasteiger partial charge is 1.00 e. The van der Waals surface area contributed by atoms with Gasteiger partial charge in [-0.3, -0.25) is 0 Å². The van der Waals surface area contributed by atoms with E-state index >= 15 is 0 Å². The smallest absolute Gasteiger partial charge is 0.894 e. The van der Waals surface area contributed by atoms with Crippen LogP contribution in [0.2, 0.25) is 0 Å². The fraction of sp³-hybridized carbons (Fsp3) is 0. The van der Waals surface area contributed by atoms with E-state index in [0.29, 0.717) is 0 Å². The van der Waals surface area contributed by atoms with Crippen molar-refractivity contribution in [3.8, 4) is 0 Å². The Bertz CT molecular complexity index is 363. The van der Waals surface area contributed by atoms with Crippen molar-refractivity contribution in [1.29, 1.82) is 0 Å². The molecule has 0 amide bonds. The van der Waals surface area contributed by atoms with Crippen LogP contribution in [0.15, 0.2) is 0 Å². The molecule has 0 aliphatic carbocycles. The van der Waals surface area contributed by atoms with E-state index in [0.717, 1.165) is 0 Å². The minimum absolute atomic E-state index is 0. The Morgan fingerprint density at radius 2 is 0.163 bits per heavy atom. The van der Waals surface area contributed by atoms with Gasteiger partial charge in [0.05, 0.1) is 0 Å². The fourth-order valence-electron chi connectivity index (χ4n) is 0. The van der Waals surface area contributed by atoms with Gasteiger partial charge in [0.15, 0.2) is 0 Å². The van der Waals surface area contributed by atoms with Gasteiger partial charge in [0.25, 0.3) is 0 Å². The SMILES string of the molecule is O[Si](O)(O)O.O[Si](O)(O)O.O[Si](O)(O)O.O[Si](O)(O)O.O[Si](O)(O)O.O[Si](O)(O)O.O[Si](O)(O)O.O[Si](O)(O)O.[Li+].[Li+].[Li+].[Li+].[O-][Si]([O-])([O-])[O-]. The maximum Gasteiger partial charge on any atom is 1.00 e. The molecule has 0 aromatic carbocycles. The predicted octanol–water partition coefficient (Wildman–Crippen LogP) is -38.0. The van der Waals surface area contributed by atoms with Crippen LogP contribution >= 0.6 is 0 Å². The second-order valence-corrected chi connectivity index (χ2v) is 15.9. The molecule has 288 valence electrons. The first-order valence-corrected chi connectivity index (χ1v) is 23.9. The fourth-order valence-corrected chi connectivity index (χ4v) is 0. The second-order valence-electron chi connectivity index (χ2n) is 5.30. The summed E-state index contributed by atoms with van der Waals surface area (Å²) >= 11 is 0. The van der Waals surface area contributed by atoms with Gasteiger partial charge in [0.1, 0.15) is 0 Å². The van der Waals surface area contributed by atoms with Gasteiger partial charge in [0.2, 0.25) is 0 Å². The number of hydrogen-bond donors (Lipinski definition) is 32. The molecule has 0 atom stereocenters. The Kier molecular flexibility index (Phi) is 71.0. The minimum atomic E-state index is -5.61. The standard InChI is InChI=1S/4Li.8H4O4Si.O4Si/c;;;;9*1-5(2,3)4/h;;;;8*1-4H;/q4*+1;;;;;;;;;-4. The van der Waals surface area contributed by atoms with Crippen LogP contribution in [-0.4, -0.2) is 235 Å². The van der Waals surface area contributed by atoms with Crippen LogP contribution in [0.4, 0.5) is 0 Å². The van der Waals surface area contributed by atoms with Crippen molar-refractivity contribution in [3.63, 3.8) is 0 Å². The van der Waals surface area contributed by atoms with E-state index in [1.54, 1.807) is 0 Å². The molecule has 0 aliphatic heterocycles. The molecule has 0 aliphatic rings. The molecule has 0 radical (unpaired) electrons. The first-order chi connectivity index (χ1) is 18.0. The van der Waals surface area contributed by atoms with E-state index in [1.165, 1.54) is 0 Å². The molecule has 0 rings (SSSR count). The average Bonchev–Trinajstić information content (AvgIpc) is 2.26. The van der Waals surface area contributed by atoms with E-state index in [1.807, 2.05) is 0 Å². The molecule has 0 fully saturated rings. The molecule has 0 saturated heterocycles. The molecular weight excluding hydrogens is 857 g/mol. The molecule has 36 nitrogen and oxygen atoms in total. The average molecular weight is 889 g/mol. The van der Waals surface area contributed by atoms with E-state index in [-0.39, 0.29) is 75.4 Å². The van der Waals surface area contributed by atoms with Gasteiger partial charge in [-0.1, -0.05) is 0 Å². The zero-order valence-electron chi connectivity index (χ0n) is 24.4. The van der Waals surface area contributed by atoms with E-state index in [9.17, 15) is 0 Å². The summed E-state index contributed by atoms with van der Waals surface area (Å²) in [5.41, 5.74) is 0. The summed E-state index contributed by atoms with van der Waals surface area (Å²) in [6.07, 6.45) is 0. The molecule has 32 N–H and O–H groups in total. The topological polar surface area (TPSA) is 740 Å². The third kappa shape index (κ3) is 14500. The zero-order chi connectivity index (χ0) is 40.5. The van der Waals surface area contributed by atoms with Crippen molar-refractivity contribution >= 4 is 81.4 Å². The molecule has 49 heteroatoms. The molecule has 0 unspecified atom stereocenters. The van der Waals surface area contributed by atoms with Crippen LogP contribution in [0.5, 0.6) is 0 Å². The Labute approximate surface area is 327 Å². The molecule has 0 aromatic rings. The third-order valence-electron chi connectivity index (χ3n) is 0. The van der Waals surface area contributed by atoms with Crippen molar-refractivity contribution in [2.24, 2.45) is 0 Å². The third-order valence-corrected chi connectivity index (χ3v) is 0. The zero-order valence-corrected chi connectivity index (χ0v) is 33.4. The Morgan fingerprint density at radius 3 is 0.163 bits per heavy atom. The molecular formula is H32Li4O36Si9. The van der Waals surface area contributed by atoms with E-state index in [4.69, 9.17) is 173 Å². The van der Waals surface area contributed by atoms with E-state index < -0.39 is 81.4 Å². The van der Waals surface area contributed by atoms with Crippen LogP contribution in [0, 0.1) is 0 Å². The first-order valence-electron chi connectivity index (χ1n) is 7.97. The van der Waals surface area contributed by atoms with Gasteiger partial charge in [-0.05, 0) is 0 Å². The monoisotopic (exact) mass is 888 g/mol. The van der Waals surface area contributed by atoms with Crippen molar-refractivity contribution in [3.05, 3.63) is 0 Å². The van der Waals surface area contributed by atoms with Gasteiger partial charge in [0, 0.05) is 0 Å². The summed E-state index contributed by atoms with van der Waals surface area (Å²) in [5, 5.41) is 0. The molecule has 0 aromatic heterocycles. The molecule has 0 bridgehead atoms. The number of rotatable bonds is 0. The summed E-state index contributed by atoms with van der Waals surface area (Å²) in [7, 11) is -42.5. The van der Waals surface area contributed by atoms with Crippen LogP contribution in [0.25, 0.3) is 0 Å². The van der Waals surface area contributed by atoms with Gasteiger partial charge in [-0.25, -0.2) is 0 Å². The second kappa shape index (κ2) is 39.1. The van der Waals surface area contributed by atoms with Crippen LogP contribution < -0.4 is 94.6 Å². The van der Waals surface area contributed by atoms with Crippen LogP contribution in [-0.2, 0) is 0 Å². The first kappa shape index (κ1) is 88.9. The summed E-state index contributed by atoms with van der Waals surface area (Å²) in [4.78, 5) is 269. The van der Waals surface area contributed by atoms with Gasteiger partial charge < -0.3 is 182 Å². The molecule has 49 heavy (non-hydrogen) atoms. The molecule has 0 saturated carbocycles. The van der Waals surface area contributed by atoms with Crippen molar-refractivity contribution in [2.45, 2.75) is 0 Å². The van der Waals surface area contributed by atoms with Crippen LogP contribution in [0.1, 0.15) is 0 Å². The summed E-state index contributed by atoms with van der Waals surface area (Å²) < 4.78 is 0. The summed E-state index contributed by atoms with van der Waals surface area (Å²) in [6, 6.07) is 0. The van der Waals surface area contributed by atoms with Crippen LogP contribution in [0.3, 0.4) is 0 Å². The van der Waals surface area contributed by atoms with E-state index in [2.05, 4.69) is 0 Å². The maximum atomic E-state index is 8.58. The normalized spacial score (nSPS) is 11.0. The quantitative estimate of drug-likeness (QED) is 0.100. The number of hydrogen-bond acceptors (Lipinski definition) is 36. The van der Waals surface area contributed by atoms with Crippen molar-refractivity contribution in [1.82, 2.24) is 0 Å². The van der Waals surface area contributed by atoms with Gasteiger partial charge >= 0.3 is 148 Å². The van der Waals surface area contributed by atoms with Crippen molar-refractivity contribution in [2.75, 3.05) is 0 Å². The summed E-state index contributed by atoms with van der Waals surface area (Å²) in [5.74, 6) is 0. The molecule has 0 heterocycles. The maximum absolute atomic E-state index is 8.58. The minimum Gasteiger partial charge on any atom is -0.894 e. The summed E-state index contributed by atoms with van der Waals surface area (Å²) in [6.45, 7) is 0. The Hall–Kier alpha value is 2.90. The van der Waals surface area contributed by atoms with Crippen molar-refractivity contribution < 1.29 is 248 Å². The Morgan fingerprint density at radius 1 is 0.163 bits per heavy atom.